The fourth-order valence-corrected chi connectivity index (χ4v) is 4.02. The third-order valence-electron chi connectivity index (χ3n) is 3.64. The van der Waals surface area contributed by atoms with Gasteiger partial charge >= 0.3 is 5.97 Å². The maximum Gasteiger partial charge on any atom is 0.338 e. The molecule has 1 heterocycles. The van der Waals surface area contributed by atoms with E-state index in [1.54, 1.807) is 33.8 Å². The standard InChI is InChI=1S/C16H21N3O5S/c1-5-19(6-2)25(21,22)14-9-13(8-7-11(14)3)16(20)23-10-15-18-17-12(4)24-15/h7-9H,5-6,10H2,1-4H3. The summed E-state index contributed by atoms with van der Waals surface area (Å²) in [5.41, 5.74) is 0.712. The number of benzene rings is 1. The van der Waals surface area contributed by atoms with E-state index in [1.807, 2.05) is 0 Å². The summed E-state index contributed by atoms with van der Waals surface area (Å²) in [6.45, 7) is 7.37. The lowest BCUT2D eigenvalue weighted by molar-refractivity contribution is 0.0436. The summed E-state index contributed by atoms with van der Waals surface area (Å²) < 4.78 is 37.0. The van der Waals surface area contributed by atoms with Crippen LogP contribution in [-0.2, 0) is 21.4 Å². The highest BCUT2D eigenvalue weighted by Gasteiger charge is 2.25. The highest BCUT2D eigenvalue weighted by Crippen LogP contribution is 2.22. The molecule has 1 aromatic heterocycles. The number of hydrogen-bond acceptors (Lipinski definition) is 7. The minimum absolute atomic E-state index is 0.0966. The smallest absolute Gasteiger partial charge is 0.338 e. The first-order valence-corrected chi connectivity index (χ1v) is 9.30. The first kappa shape index (κ1) is 19.1. The average molecular weight is 367 g/mol. The molecule has 8 nitrogen and oxygen atoms in total. The number of esters is 1. The molecule has 0 bridgehead atoms. The van der Waals surface area contributed by atoms with Crippen molar-refractivity contribution in [3.63, 3.8) is 0 Å². The molecule has 0 aliphatic heterocycles. The van der Waals surface area contributed by atoms with E-state index in [9.17, 15) is 13.2 Å². The normalized spacial score (nSPS) is 11.7. The SMILES string of the molecule is CCN(CC)S(=O)(=O)c1cc(C(=O)OCc2nnc(C)o2)ccc1C. The molecule has 136 valence electrons. The Labute approximate surface area is 146 Å². The fourth-order valence-electron chi connectivity index (χ4n) is 2.31. The Kier molecular flexibility index (Phi) is 5.91. The van der Waals surface area contributed by atoms with Crippen molar-refractivity contribution in [1.82, 2.24) is 14.5 Å². The summed E-state index contributed by atoms with van der Waals surface area (Å²) in [4.78, 5) is 12.3. The van der Waals surface area contributed by atoms with Crippen LogP contribution in [0.1, 0.15) is 41.6 Å². The molecule has 0 aliphatic carbocycles. The van der Waals surface area contributed by atoms with Gasteiger partial charge in [-0.1, -0.05) is 19.9 Å². The van der Waals surface area contributed by atoms with Crippen molar-refractivity contribution in [2.24, 2.45) is 0 Å². The van der Waals surface area contributed by atoms with Gasteiger partial charge in [-0.2, -0.15) is 4.31 Å². The molecular weight excluding hydrogens is 346 g/mol. The van der Waals surface area contributed by atoms with Gasteiger partial charge < -0.3 is 9.15 Å². The molecule has 0 amide bonds. The number of aromatic nitrogens is 2. The van der Waals surface area contributed by atoms with E-state index in [-0.39, 0.29) is 23.0 Å². The third kappa shape index (κ3) is 4.23. The molecule has 0 saturated heterocycles. The number of hydrogen-bond donors (Lipinski definition) is 0. The lowest BCUT2D eigenvalue weighted by atomic mass is 10.1. The van der Waals surface area contributed by atoms with Crippen LogP contribution < -0.4 is 0 Å². The second-order valence-corrected chi connectivity index (χ2v) is 7.27. The summed E-state index contributed by atoms with van der Waals surface area (Å²) in [6, 6.07) is 4.45. The van der Waals surface area contributed by atoms with E-state index in [1.165, 1.54) is 16.4 Å². The van der Waals surface area contributed by atoms with Crippen LogP contribution in [0.15, 0.2) is 27.5 Å². The number of sulfonamides is 1. The maximum absolute atomic E-state index is 12.7. The Morgan fingerprint density at radius 2 is 1.88 bits per heavy atom. The molecule has 0 atom stereocenters. The summed E-state index contributed by atoms with van der Waals surface area (Å²) in [5, 5.41) is 7.37. The summed E-state index contributed by atoms with van der Waals surface area (Å²) >= 11 is 0. The maximum atomic E-state index is 12.7. The molecule has 0 unspecified atom stereocenters. The van der Waals surface area contributed by atoms with E-state index >= 15 is 0 Å². The molecule has 0 fully saturated rings. The zero-order valence-corrected chi connectivity index (χ0v) is 15.5. The van der Waals surface area contributed by atoms with Crippen LogP contribution in [0.3, 0.4) is 0 Å². The van der Waals surface area contributed by atoms with Crippen molar-refractivity contribution in [3.8, 4) is 0 Å². The molecule has 0 aliphatic rings. The van der Waals surface area contributed by atoms with Gasteiger partial charge in [-0.3, -0.25) is 0 Å². The lowest BCUT2D eigenvalue weighted by Gasteiger charge is -2.20. The summed E-state index contributed by atoms with van der Waals surface area (Å²) in [5.74, 6) is -0.116. The van der Waals surface area contributed by atoms with Gasteiger partial charge in [-0.05, 0) is 24.6 Å². The Morgan fingerprint density at radius 1 is 1.20 bits per heavy atom. The van der Waals surface area contributed by atoms with Crippen LogP contribution in [0.4, 0.5) is 0 Å². The average Bonchev–Trinajstić information content (AvgIpc) is 2.99. The van der Waals surface area contributed by atoms with Crippen LogP contribution in [0.5, 0.6) is 0 Å². The van der Waals surface area contributed by atoms with E-state index in [4.69, 9.17) is 9.15 Å². The van der Waals surface area contributed by atoms with Gasteiger partial charge in [0.1, 0.15) is 0 Å². The number of rotatable bonds is 7. The number of carbonyl (C=O) groups is 1. The topological polar surface area (TPSA) is 103 Å². The van der Waals surface area contributed by atoms with Crippen molar-refractivity contribution < 1.29 is 22.4 Å². The Morgan fingerprint density at radius 3 is 2.44 bits per heavy atom. The minimum Gasteiger partial charge on any atom is -0.452 e. The van der Waals surface area contributed by atoms with Crippen molar-refractivity contribution in [1.29, 1.82) is 0 Å². The second kappa shape index (κ2) is 7.75. The van der Waals surface area contributed by atoms with Crippen molar-refractivity contribution >= 4 is 16.0 Å². The zero-order valence-electron chi connectivity index (χ0n) is 14.6. The quantitative estimate of drug-likeness (QED) is 0.690. The van der Waals surface area contributed by atoms with Gasteiger partial charge in [0.25, 0.3) is 5.89 Å². The number of nitrogens with zero attached hydrogens (tertiary/aromatic N) is 3. The highest BCUT2D eigenvalue weighted by atomic mass is 32.2. The van der Waals surface area contributed by atoms with Crippen LogP contribution >= 0.6 is 0 Å². The fraction of sp³-hybridized carbons (Fsp3) is 0.438. The molecule has 25 heavy (non-hydrogen) atoms. The second-order valence-electron chi connectivity index (χ2n) is 5.36. The van der Waals surface area contributed by atoms with Crippen LogP contribution in [0.2, 0.25) is 0 Å². The molecule has 0 radical (unpaired) electrons. The number of ether oxygens (including phenoxy) is 1. The molecule has 1 aromatic carbocycles. The Balaban J connectivity index is 2.24. The van der Waals surface area contributed by atoms with Crippen LogP contribution in [0.25, 0.3) is 0 Å². The van der Waals surface area contributed by atoms with Gasteiger partial charge in [0.05, 0.1) is 10.5 Å². The van der Waals surface area contributed by atoms with E-state index in [2.05, 4.69) is 10.2 Å². The largest absolute Gasteiger partial charge is 0.452 e. The summed E-state index contributed by atoms with van der Waals surface area (Å²) in [7, 11) is -3.67. The highest BCUT2D eigenvalue weighted by molar-refractivity contribution is 7.89. The molecular formula is C16H21N3O5S. The van der Waals surface area contributed by atoms with E-state index < -0.39 is 16.0 Å². The molecule has 0 N–H and O–H groups in total. The van der Waals surface area contributed by atoms with Gasteiger partial charge in [0.15, 0.2) is 6.61 Å². The van der Waals surface area contributed by atoms with Crippen molar-refractivity contribution in [3.05, 3.63) is 41.1 Å². The van der Waals surface area contributed by atoms with Crippen molar-refractivity contribution in [2.75, 3.05) is 13.1 Å². The predicted molar refractivity (Wildman–Crippen MR) is 89.4 cm³/mol. The Bertz CT molecular complexity index is 856. The zero-order chi connectivity index (χ0) is 18.6. The van der Waals surface area contributed by atoms with Gasteiger partial charge in [-0.15, -0.1) is 10.2 Å². The first-order valence-electron chi connectivity index (χ1n) is 7.86. The molecule has 0 saturated carbocycles. The van der Waals surface area contributed by atoms with Gasteiger partial charge in [-0.25, -0.2) is 13.2 Å². The van der Waals surface area contributed by atoms with Crippen LogP contribution in [0, 0.1) is 13.8 Å². The molecule has 2 aromatic rings. The van der Waals surface area contributed by atoms with Crippen molar-refractivity contribution in [2.45, 2.75) is 39.2 Å². The lowest BCUT2D eigenvalue weighted by Crippen LogP contribution is -2.31. The third-order valence-corrected chi connectivity index (χ3v) is 5.83. The van der Waals surface area contributed by atoms with E-state index in [0.717, 1.165) is 0 Å². The minimum atomic E-state index is -3.67. The molecule has 2 rings (SSSR count). The first-order chi connectivity index (χ1) is 11.8. The molecule has 0 spiro atoms. The van der Waals surface area contributed by atoms with Crippen LogP contribution in [-0.4, -0.2) is 42.0 Å². The van der Waals surface area contributed by atoms with Gasteiger partial charge in [0.2, 0.25) is 15.9 Å². The number of aryl methyl sites for hydroxylation is 2. The number of carbonyl (C=O) groups excluding carboxylic acids is 1. The van der Waals surface area contributed by atoms with Gasteiger partial charge in [0, 0.05) is 20.0 Å². The monoisotopic (exact) mass is 367 g/mol. The summed E-state index contributed by atoms with van der Waals surface area (Å²) in [6.07, 6.45) is 0. The molecule has 9 heteroatoms. The Hall–Kier alpha value is -2.26. The van der Waals surface area contributed by atoms with E-state index in [0.29, 0.717) is 24.5 Å². The predicted octanol–water partition coefficient (Wildman–Crippen LogP) is 2.07.